The van der Waals surface area contributed by atoms with Crippen LogP contribution >= 0.6 is 0 Å². The summed E-state index contributed by atoms with van der Waals surface area (Å²) < 4.78 is 10.3. The van der Waals surface area contributed by atoms with Crippen molar-refractivity contribution in [3.63, 3.8) is 0 Å². The Bertz CT molecular complexity index is 1380. The molecule has 0 radical (unpaired) electrons. The molecule has 10 nitrogen and oxygen atoms in total. The highest BCUT2D eigenvalue weighted by Gasteiger charge is 2.45. The smallest absolute Gasteiger partial charge is 0.323 e. The fraction of sp³-hybridized carbons (Fsp3) is 0.346. The minimum absolute atomic E-state index is 0.0436. The van der Waals surface area contributed by atoms with E-state index < -0.39 is 17.5 Å². The first-order valence-electron chi connectivity index (χ1n) is 11.6. The molecule has 36 heavy (non-hydrogen) atoms. The van der Waals surface area contributed by atoms with Crippen LogP contribution in [0.3, 0.4) is 0 Å². The van der Waals surface area contributed by atoms with Crippen molar-refractivity contribution in [3.05, 3.63) is 64.8 Å². The van der Waals surface area contributed by atoms with Gasteiger partial charge in [-0.3, -0.25) is 14.9 Å². The third-order valence-electron chi connectivity index (χ3n) is 6.65. The number of hydrogen-bond acceptors (Lipinski definition) is 7. The Balaban J connectivity index is 1.33. The van der Waals surface area contributed by atoms with Gasteiger partial charge in [0.25, 0.3) is 11.8 Å². The van der Waals surface area contributed by atoms with E-state index in [4.69, 9.17) is 9.26 Å². The molecule has 0 bridgehead atoms. The number of amides is 4. The molecule has 3 heterocycles. The second-order valence-corrected chi connectivity index (χ2v) is 9.10. The maximum Gasteiger partial charge on any atom is 0.323 e. The Morgan fingerprint density at radius 3 is 2.81 bits per heavy atom. The number of benzene rings is 1. The fourth-order valence-electron chi connectivity index (χ4n) is 4.63. The average Bonchev–Trinajstić information content (AvgIpc) is 3.51. The van der Waals surface area contributed by atoms with Crippen molar-refractivity contribution >= 4 is 17.8 Å². The van der Waals surface area contributed by atoms with Gasteiger partial charge in [0.15, 0.2) is 11.4 Å². The number of rotatable bonds is 5. The van der Waals surface area contributed by atoms with Crippen molar-refractivity contribution in [2.75, 3.05) is 13.7 Å². The molecule has 2 aromatic rings. The molecule has 0 saturated carbocycles. The number of carbonyl (C=O) groups is 3. The summed E-state index contributed by atoms with van der Waals surface area (Å²) >= 11 is 0. The highest BCUT2D eigenvalue weighted by atomic mass is 16.5. The summed E-state index contributed by atoms with van der Waals surface area (Å²) in [5.41, 5.74) is 0.735. The van der Waals surface area contributed by atoms with Gasteiger partial charge in [-0.15, -0.1) is 0 Å². The summed E-state index contributed by atoms with van der Waals surface area (Å²) in [6.45, 7) is 4.42. The normalized spacial score (nSPS) is 24.6. The standard InChI is InChI=1S/C26H25N5O5/c1-15-12-17(4-7-20(15)22-27-16(2)36-30-22)8-9-26(24(33)28-25(34)29-26)10-11-31-14-18-5-6-19(35-3)13-21(18)23(31)32/h4-7,12-13,15,20H,10-11,14H2,1-3H3,(H2,28,29,33,34). The number of nitrogens with one attached hydrogen (secondary N) is 2. The monoisotopic (exact) mass is 487 g/mol. The predicted molar refractivity (Wildman–Crippen MR) is 128 cm³/mol. The summed E-state index contributed by atoms with van der Waals surface area (Å²) in [5.74, 6) is 7.07. The number of hydrogen-bond donors (Lipinski definition) is 2. The van der Waals surface area contributed by atoms with E-state index in [1.165, 1.54) is 0 Å². The van der Waals surface area contributed by atoms with E-state index in [0.717, 1.165) is 5.56 Å². The lowest BCUT2D eigenvalue weighted by Crippen LogP contribution is -2.48. The number of aryl methyl sites for hydroxylation is 1. The second kappa shape index (κ2) is 9.00. The quantitative estimate of drug-likeness (QED) is 0.489. The van der Waals surface area contributed by atoms with Gasteiger partial charge in [0.1, 0.15) is 5.75 Å². The summed E-state index contributed by atoms with van der Waals surface area (Å²) in [6.07, 6.45) is 5.92. The average molecular weight is 488 g/mol. The molecule has 1 aliphatic carbocycles. The zero-order chi connectivity index (χ0) is 25.4. The maximum absolute atomic E-state index is 12.9. The van der Waals surface area contributed by atoms with Crippen molar-refractivity contribution in [3.8, 4) is 17.6 Å². The summed E-state index contributed by atoms with van der Waals surface area (Å²) in [4.78, 5) is 43.7. The van der Waals surface area contributed by atoms with Crippen molar-refractivity contribution in [1.82, 2.24) is 25.7 Å². The molecule has 3 unspecified atom stereocenters. The van der Waals surface area contributed by atoms with Gasteiger partial charge < -0.3 is 19.5 Å². The highest BCUT2D eigenvalue weighted by molar-refractivity contribution is 6.09. The zero-order valence-electron chi connectivity index (χ0n) is 20.1. The second-order valence-electron chi connectivity index (χ2n) is 9.10. The Kier molecular flexibility index (Phi) is 5.84. The zero-order valence-corrected chi connectivity index (χ0v) is 20.1. The van der Waals surface area contributed by atoms with Gasteiger partial charge in [0.05, 0.1) is 7.11 Å². The third-order valence-corrected chi connectivity index (χ3v) is 6.65. The van der Waals surface area contributed by atoms with E-state index in [0.29, 0.717) is 35.1 Å². The lowest BCUT2D eigenvalue weighted by atomic mass is 9.86. The van der Waals surface area contributed by atoms with Gasteiger partial charge in [-0.2, -0.15) is 4.98 Å². The SMILES string of the molecule is COc1ccc2c(c1)C(=O)N(CCC1(C#CC3=CC(C)C(c4noc(C)n4)C=C3)NC(=O)NC1=O)C2. The lowest BCUT2D eigenvalue weighted by Gasteiger charge is -2.24. The van der Waals surface area contributed by atoms with Gasteiger partial charge >= 0.3 is 6.03 Å². The predicted octanol–water partition coefficient (Wildman–Crippen LogP) is 2.23. The topological polar surface area (TPSA) is 127 Å². The third kappa shape index (κ3) is 4.24. The first-order valence-corrected chi connectivity index (χ1v) is 11.6. The van der Waals surface area contributed by atoms with Crippen LogP contribution < -0.4 is 15.4 Å². The molecule has 1 fully saturated rings. The van der Waals surface area contributed by atoms with Crippen LogP contribution in [0, 0.1) is 24.7 Å². The first kappa shape index (κ1) is 23.4. The van der Waals surface area contributed by atoms with Crippen LogP contribution in [0.4, 0.5) is 4.79 Å². The minimum Gasteiger partial charge on any atom is -0.497 e. The molecule has 2 N–H and O–H groups in total. The van der Waals surface area contributed by atoms with Crippen molar-refractivity contribution < 1.29 is 23.6 Å². The minimum atomic E-state index is -1.44. The van der Waals surface area contributed by atoms with E-state index in [2.05, 4.69) is 32.6 Å². The van der Waals surface area contributed by atoms with Gasteiger partial charge in [-0.1, -0.05) is 48.2 Å². The van der Waals surface area contributed by atoms with Crippen LogP contribution in [0.2, 0.25) is 0 Å². The Morgan fingerprint density at radius 1 is 1.31 bits per heavy atom. The van der Waals surface area contributed by atoms with Crippen LogP contribution in [0.15, 0.2) is 46.5 Å². The number of nitrogens with zero attached hydrogens (tertiary/aromatic N) is 3. The Morgan fingerprint density at radius 2 is 2.14 bits per heavy atom. The molecule has 4 amide bonds. The molecular weight excluding hydrogens is 462 g/mol. The number of methoxy groups -OCH3 is 1. The first-order chi connectivity index (χ1) is 17.3. The van der Waals surface area contributed by atoms with Crippen molar-refractivity contribution in [1.29, 1.82) is 0 Å². The summed E-state index contributed by atoms with van der Waals surface area (Å²) in [6, 6.07) is 4.77. The number of aromatic nitrogens is 2. The van der Waals surface area contributed by atoms with Gasteiger partial charge in [-0.25, -0.2) is 4.79 Å². The molecule has 1 aromatic carbocycles. The van der Waals surface area contributed by atoms with E-state index in [1.807, 2.05) is 37.3 Å². The van der Waals surface area contributed by atoms with Crippen molar-refractivity contribution in [2.45, 2.75) is 38.3 Å². The molecule has 1 saturated heterocycles. The van der Waals surface area contributed by atoms with Gasteiger partial charge in [0.2, 0.25) is 5.89 Å². The number of carbonyl (C=O) groups excluding carboxylic acids is 3. The van der Waals surface area contributed by atoms with Crippen LogP contribution in [-0.4, -0.2) is 52.1 Å². The molecule has 2 aliphatic heterocycles. The van der Waals surface area contributed by atoms with E-state index >= 15 is 0 Å². The molecule has 10 heteroatoms. The molecule has 3 aliphatic rings. The van der Waals surface area contributed by atoms with E-state index in [1.54, 1.807) is 25.0 Å². The largest absolute Gasteiger partial charge is 0.497 e. The lowest BCUT2D eigenvalue weighted by molar-refractivity contribution is -0.122. The van der Waals surface area contributed by atoms with Crippen LogP contribution in [0.25, 0.3) is 0 Å². The van der Waals surface area contributed by atoms with Crippen molar-refractivity contribution in [2.24, 2.45) is 5.92 Å². The summed E-state index contributed by atoms with van der Waals surface area (Å²) in [5, 5.41) is 8.95. The van der Waals surface area contributed by atoms with E-state index in [9.17, 15) is 14.4 Å². The molecule has 0 spiro atoms. The van der Waals surface area contributed by atoms with Crippen LogP contribution in [0.1, 0.15) is 46.9 Å². The fourth-order valence-corrected chi connectivity index (χ4v) is 4.63. The van der Waals surface area contributed by atoms with E-state index in [-0.39, 0.29) is 30.7 Å². The number of fused-ring (bicyclic) bond motifs is 1. The number of ether oxygens (including phenoxy) is 1. The molecule has 184 valence electrons. The molecular formula is C26H25N5O5. The number of allylic oxidation sites excluding steroid dienone is 4. The molecule has 3 atom stereocenters. The van der Waals surface area contributed by atoms with Gasteiger partial charge in [0, 0.05) is 43.5 Å². The van der Waals surface area contributed by atoms with Gasteiger partial charge in [-0.05, 0) is 23.6 Å². The highest BCUT2D eigenvalue weighted by Crippen LogP contribution is 2.31. The molecule has 1 aromatic heterocycles. The Hall–Kier alpha value is -4.39. The number of urea groups is 1. The molecule has 5 rings (SSSR count). The van der Waals surface area contributed by atoms with Crippen LogP contribution in [0.5, 0.6) is 5.75 Å². The maximum atomic E-state index is 12.9. The van der Waals surface area contributed by atoms with Crippen LogP contribution in [-0.2, 0) is 11.3 Å². The summed E-state index contributed by atoms with van der Waals surface area (Å²) in [7, 11) is 1.55. The number of imide groups is 1. The Labute approximate surface area is 207 Å².